The Balaban J connectivity index is 2.21. The maximum atomic E-state index is 13.8. The molecular formula is C15H14FN3. The van der Waals surface area contributed by atoms with Crippen LogP contribution in [0.15, 0.2) is 48.8 Å². The van der Waals surface area contributed by atoms with Crippen LogP contribution >= 0.6 is 0 Å². The second kappa shape index (κ2) is 4.48. The Morgan fingerprint density at radius 3 is 2.58 bits per heavy atom. The van der Waals surface area contributed by atoms with E-state index in [-0.39, 0.29) is 11.9 Å². The van der Waals surface area contributed by atoms with Crippen molar-refractivity contribution in [2.45, 2.75) is 6.04 Å². The van der Waals surface area contributed by atoms with E-state index in [1.807, 2.05) is 36.0 Å². The molecule has 0 amide bonds. The monoisotopic (exact) mass is 255 g/mol. The molecule has 0 aliphatic carbocycles. The quantitative estimate of drug-likeness (QED) is 0.765. The lowest BCUT2D eigenvalue weighted by atomic mass is 9.98. The summed E-state index contributed by atoms with van der Waals surface area (Å²) in [4.78, 5) is 4.27. The van der Waals surface area contributed by atoms with Gasteiger partial charge in [-0.15, -0.1) is 0 Å². The van der Waals surface area contributed by atoms with E-state index in [9.17, 15) is 4.39 Å². The average Bonchev–Trinajstić information content (AvgIpc) is 2.85. The number of fused-ring (bicyclic) bond motifs is 1. The molecular weight excluding hydrogens is 241 g/mol. The molecule has 1 unspecified atom stereocenters. The van der Waals surface area contributed by atoms with Crippen molar-refractivity contribution in [1.82, 2.24) is 9.55 Å². The summed E-state index contributed by atoms with van der Waals surface area (Å²) in [6.07, 6.45) is 3.56. The number of nitrogens with zero attached hydrogens (tertiary/aromatic N) is 2. The van der Waals surface area contributed by atoms with E-state index in [4.69, 9.17) is 5.73 Å². The Kier molecular flexibility index (Phi) is 2.80. The summed E-state index contributed by atoms with van der Waals surface area (Å²) in [7, 11) is 1.90. The smallest absolute Gasteiger partial charge is 0.131 e. The fourth-order valence-electron chi connectivity index (χ4n) is 2.37. The topological polar surface area (TPSA) is 43.8 Å². The van der Waals surface area contributed by atoms with Gasteiger partial charge in [-0.1, -0.05) is 30.3 Å². The zero-order valence-corrected chi connectivity index (χ0v) is 10.5. The van der Waals surface area contributed by atoms with E-state index in [2.05, 4.69) is 4.98 Å². The van der Waals surface area contributed by atoms with Crippen LogP contribution in [0.4, 0.5) is 4.39 Å². The van der Waals surface area contributed by atoms with Crippen molar-refractivity contribution in [2.75, 3.05) is 0 Å². The molecule has 3 nitrogen and oxygen atoms in total. The van der Waals surface area contributed by atoms with Gasteiger partial charge in [0, 0.05) is 24.8 Å². The Morgan fingerprint density at radius 1 is 1.16 bits per heavy atom. The van der Waals surface area contributed by atoms with E-state index in [0.29, 0.717) is 5.39 Å². The number of hydrogen-bond donors (Lipinski definition) is 1. The molecule has 0 saturated carbocycles. The minimum atomic E-state index is -0.370. The maximum absolute atomic E-state index is 13.8. The lowest BCUT2D eigenvalue weighted by Crippen LogP contribution is -2.17. The predicted molar refractivity (Wildman–Crippen MR) is 73.1 cm³/mol. The first kappa shape index (κ1) is 11.9. The first-order valence-corrected chi connectivity index (χ1v) is 6.08. The van der Waals surface area contributed by atoms with Crippen LogP contribution < -0.4 is 5.73 Å². The maximum Gasteiger partial charge on any atom is 0.131 e. The molecule has 0 bridgehead atoms. The van der Waals surface area contributed by atoms with Crippen LogP contribution in [-0.4, -0.2) is 9.55 Å². The van der Waals surface area contributed by atoms with Gasteiger partial charge in [-0.2, -0.15) is 0 Å². The molecule has 0 aliphatic rings. The van der Waals surface area contributed by atoms with Gasteiger partial charge in [0.15, 0.2) is 0 Å². The number of aryl methyl sites for hydroxylation is 1. The molecule has 1 heterocycles. The molecule has 1 atom stereocenters. The molecule has 2 N–H and O–H groups in total. The van der Waals surface area contributed by atoms with Crippen LogP contribution in [0.3, 0.4) is 0 Å². The summed E-state index contributed by atoms with van der Waals surface area (Å²) in [5, 5.41) is 1.42. The number of aromatic nitrogens is 2. The van der Waals surface area contributed by atoms with E-state index in [1.54, 1.807) is 18.3 Å². The summed E-state index contributed by atoms with van der Waals surface area (Å²) in [6, 6.07) is 10.2. The molecule has 0 fully saturated rings. The molecule has 4 heteroatoms. The van der Waals surface area contributed by atoms with Crippen molar-refractivity contribution in [3.63, 3.8) is 0 Å². The number of hydrogen-bond acceptors (Lipinski definition) is 2. The Morgan fingerprint density at radius 2 is 1.89 bits per heavy atom. The van der Waals surface area contributed by atoms with Gasteiger partial charge in [0.1, 0.15) is 11.6 Å². The van der Waals surface area contributed by atoms with Gasteiger partial charge in [0.25, 0.3) is 0 Å². The predicted octanol–water partition coefficient (Wildman–Crippen LogP) is 2.76. The SMILES string of the molecule is Cn1ccnc1C(N)c1ccc(F)c2ccccc12. The first-order valence-electron chi connectivity index (χ1n) is 6.08. The Hall–Kier alpha value is -2.20. The third-order valence-electron chi connectivity index (χ3n) is 3.38. The van der Waals surface area contributed by atoms with Gasteiger partial charge >= 0.3 is 0 Å². The van der Waals surface area contributed by atoms with Crippen molar-refractivity contribution in [3.05, 3.63) is 66.0 Å². The van der Waals surface area contributed by atoms with Crippen LogP contribution in [0.25, 0.3) is 10.8 Å². The largest absolute Gasteiger partial charge is 0.336 e. The second-order valence-corrected chi connectivity index (χ2v) is 4.56. The highest BCUT2D eigenvalue weighted by Crippen LogP contribution is 2.28. The van der Waals surface area contributed by atoms with Crippen molar-refractivity contribution in [2.24, 2.45) is 12.8 Å². The van der Waals surface area contributed by atoms with Gasteiger partial charge in [-0.05, 0) is 17.0 Å². The lowest BCUT2D eigenvalue weighted by Gasteiger charge is -2.15. The summed E-state index contributed by atoms with van der Waals surface area (Å²) in [5.74, 6) is 0.531. The van der Waals surface area contributed by atoms with Crippen molar-refractivity contribution in [1.29, 1.82) is 0 Å². The fourth-order valence-corrected chi connectivity index (χ4v) is 2.37. The van der Waals surface area contributed by atoms with E-state index in [0.717, 1.165) is 16.8 Å². The molecule has 0 saturated heterocycles. The van der Waals surface area contributed by atoms with Crippen LogP contribution in [0.1, 0.15) is 17.4 Å². The number of nitrogens with two attached hydrogens (primary N) is 1. The van der Waals surface area contributed by atoms with Crippen molar-refractivity contribution >= 4 is 10.8 Å². The minimum Gasteiger partial charge on any atom is -0.336 e. The first-order chi connectivity index (χ1) is 9.18. The molecule has 3 rings (SSSR count). The molecule has 19 heavy (non-hydrogen) atoms. The minimum absolute atomic E-state index is 0.230. The number of imidazole rings is 1. The van der Waals surface area contributed by atoms with Gasteiger partial charge in [-0.25, -0.2) is 9.37 Å². The summed E-state index contributed by atoms with van der Waals surface area (Å²) < 4.78 is 15.7. The highest BCUT2D eigenvalue weighted by molar-refractivity contribution is 5.87. The zero-order valence-electron chi connectivity index (χ0n) is 10.5. The van der Waals surface area contributed by atoms with Gasteiger partial charge in [-0.3, -0.25) is 0 Å². The van der Waals surface area contributed by atoms with E-state index < -0.39 is 0 Å². The second-order valence-electron chi connectivity index (χ2n) is 4.56. The van der Waals surface area contributed by atoms with Gasteiger partial charge < -0.3 is 10.3 Å². The van der Waals surface area contributed by atoms with E-state index >= 15 is 0 Å². The van der Waals surface area contributed by atoms with Crippen molar-refractivity contribution < 1.29 is 4.39 Å². The molecule has 3 aromatic rings. The zero-order chi connectivity index (χ0) is 13.4. The third kappa shape index (κ3) is 1.90. The van der Waals surface area contributed by atoms with Crippen LogP contribution in [0, 0.1) is 5.82 Å². The number of halogens is 1. The normalized spacial score (nSPS) is 12.8. The van der Waals surface area contributed by atoms with Crippen LogP contribution in [0.2, 0.25) is 0 Å². The highest BCUT2D eigenvalue weighted by atomic mass is 19.1. The lowest BCUT2D eigenvalue weighted by molar-refractivity contribution is 0.638. The Labute approximate surface area is 110 Å². The number of benzene rings is 2. The third-order valence-corrected chi connectivity index (χ3v) is 3.38. The average molecular weight is 255 g/mol. The summed E-state index contributed by atoms with van der Waals surface area (Å²) in [5.41, 5.74) is 7.15. The number of rotatable bonds is 2. The molecule has 0 radical (unpaired) electrons. The van der Waals surface area contributed by atoms with Gasteiger partial charge in [0.05, 0.1) is 6.04 Å². The Bertz CT molecular complexity index is 733. The van der Waals surface area contributed by atoms with Gasteiger partial charge in [0.2, 0.25) is 0 Å². The molecule has 0 spiro atoms. The summed E-state index contributed by atoms with van der Waals surface area (Å²) >= 11 is 0. The summed E-state index contributed by atoms with van der Waals surface area (Å²) in [6.45, 7) is 0. The molecule has 2 aromatic carbocycles. The standard InChI is InChI=1S/C15H14FN3/c1-19-9-8-18-15(19)14(17)12-6-7-13(16)11-5-3-2-4-10(11)12/h2-9,14H,17H2,1H3. The molecule has 1 aromatic heterocycles. The van der Waals surface area contributed by atoms with E-state index in [1.165, 1.54) is 6.07 Å². The molecule has 0 aliphatic heterocycles. The molecule has 96 valence electrons. The van der Waals surface area contributed by atoms with Crippen LogP contribution in [-0.2, 0) is 7.05 Å². The van der Waals surface area contributed by atoms with Crippen molar-refractivity contribution in [3.8, 4) is 0 Å². The fraction of sp³-hybridized carbons (Fsp3) is 0.133. The van der Waals surface area contributed by atoms with Crippen LogP contribution in [0.5, 0.6) is 0 Å². The highest BCUT2D eigenvalue weighted by Gasteiger charge is 2.17.